The van der Waals surface area contributed by atoms with Gasteiger partial charge in [-0.15, -0.1) is 0 Å². The average molecular weight is 372 g/mol. The molecule has 0 aliphatic rings. The molecule has 0 aliphatic carbocycles. The maximum atomic E-state index is 12.2. The summed E-state index contributed by atoms with van der Waals surface area (Å²) in [6.45, 7) is -0.424. The van der Waals surface area contributed by atoms with Gasteiger partial charge >= 0.3 is 23.6 Å². The van der Waals surface area contributed by atoms with Gasteiger partial charge in [0.25, 0.3) is 10.0 Å². The van der Waals surface area contributed by atoms with E-state index in [2.05, 4.69) is 10.6 Å². The molecule has 0 saturated carbocycles. The number of aliphatic hydroxyl groups excluding tert-OH is 1. The van der Waals surface area contributed by atoms with E-state index < -0.39 is 33.7 Å². The molecular formula is C13H16N4O7S. The summed E-state index contributed by atoms with van der Waals surface area (Å²) in [7, 11) is -3.42. The first-order valence-corrected chi connectivity index (χ1v) is 8.18. The number of hydrogen-bond acceptors (Lipinski definition) is 7. The molecule has 0 radical (unpaired) electrons. The van der Waals surface area contributed by atoms with Crippen LogP contribution in [0.25, 0.3) is 0 Å². The van der Waals surface area contributed by atoms with Crippen LogP contribution < -0.4 is 16.4 Å². The van der Waals surface area contributed by atoms with Gasteiger partial charge in [0.05, 0.1) is 11.5 Å². The van der Waals surface area contributed by atoms with Crippen LogP contribution >= 0.6 is 0 Å². The van der Waals surface area contributed by atoms with Crippen LogP contribution in [0.3, 0.4) is 0 Å². The quantitative estimate of drug-likeness (QED) is 0.408. The second-order valence-corrected chi connectivity index (χ2v) is 6.57. The van der Waals surface area contributed by atoms with E-state index in [1.807, 2.05) is 0 Å². The van der Waals surface area contributed by atoms with Crippen LogP contribution in [0.5, 0.6) is 0 Å². The molecule has 0 bridgehead atoms. The molecule has 0 saturated heterocycles. The summed E-state index contributed by atoms with van der Waals surface area (Å²) in [6.07, 6.45) is 0. The lowest BCUT2D eigenvalue weighted by Gasteiger charge is -2.16. The second-order valence-electron chi connectivity index (χ2n) is 4.60. The zero-order chi connectivity index (χ0) is 19.2. The average Bonchev–Trinajstić information content (AvgIpc) is 2.58. The Morgan fingerprint density at radius 3 is 2.16 bits per heavy atom. The van der Waals surface area contributed by atoms with Crippen LogP contribution in [-0.2, 0) is 29.2 Å². The fourth-order valence-electron chi connectivity index (χ4n) is 1.57. The van der Waals surface area contributed by atoms with Crippen molar-refractivity contribution in [2.24, 2.45) is 5.73 Å². The maximum Gasteiger partial charge on any atom is 0.325 e. The van der Waals surface area contributed by atoms with E-state index >= 15 is 0 Å². The summed E-state index contributed by atoms with van der Waals surface area (Å²) in [5.41, 5.74) is 4.88. The van der Waals surface area contributed by atoms with Gasteiger partial charge in [0.1, 0.15) is 0 Å². The minimum absolute atomic E-state index is 0.0936. The molecule has 136 valence electrons. The van der Waals surface area contributed by atoms with Gasteiger partial charge in [0.15, 0.2) is 0 Å². The van der Waals surface area contributed by atoms with Crippen LogP contribution in [-0.4, -0.2) is 61.7 Å². The molecular weight excluding hydrogens is 356 g/mol. The molecule has 1 aromatic rings. The van der Waals surface area contributed by atoms with Gasteiger partial charge in [-0.25, -0.2) is 12.7 Å². The molecule has 5 N–H and O–H groups in total. The molecule has 1 rings (SSSR count). The van der Waals surface area contributed by atoms with E-state index in [1.54, 1.807) is 0 Å². The van der Waals surface area contributed by atoms with Crippen molar-refractivity contribution in [3.8, 4) is 0 Å². The SMILES string of the molecule is CN(C(=O)C(N)=O)S(=O)(=O)c1ccc(NC(=O)C(=O)NCCO)cc1. The largest absolute Gasteiger partial charge is 0.395 e. The van der Waals surface area contributed by atoms with E-state index in [-0.39, 0.29) is 28.0 Å². The number of primary amides is 1. The van der Waals surface area contributed by atoms with Gasteiger partial charge in [-0.3, -0.25) is 19.2 Å². The van der Waals surface area contributed by atoms with Gasteiger partial charge in [0.2, 0.25) is 0 Å². The molecule has 4 amide bonds. The minimum atomic E-state index is -4.29. The number of amides is 4. The number of sulfonamides is 1. The Labute approximate surface area is 142 Å². The first kappa shape index (κ1) is 20.1. The van der Waals surface area contributed by atoms with Crippen LogP contribution in [0, 0.1) is 0 Å². The molecule has 0 aromatic heterocycles. The monoisotopic (exact) mass is 372 g/mol. The third kappa shape index (κ3) is 4.99. The molecule has 12 heteroatoms. The Morgan fingerprint density at radius 1 is 1.12 bits per heavy atom. The minimum Gasteiger partial charge on any atom is -0.395 e. The van der Waals surface area contributed by atoms with Crippen molar-refractivity contribution in [2.45, 2.75) is 4.90 Å². The predicted octanol–water partition coefficient (Wildman–Crippen LogP) is -2.63. The summed E-state index contributed by atoms with van der Waals surface area (Å²) >= 11 is 0. The molecule has 0 aliphatic heterocycles. The number of carbonyl (C=O) groups is 4. The Bertz CT molecular complexity index is 789. The highest BCUT2D eigenvalue weighted by Gasteiger charge is 2.28. The number of benzene rings is 1. The third-order valence-electron chi connectivity index (χ3n) is 2.87. The Hall–Kier alpha value is -2.99. The Balaban J connectivity index is 2.89. The molecule has 0 fully saturated rings. The first-order valence-electron chi connectivity index (χ1n) is 6.74. The van der Waals surface area contributed by atoms with Crippen molar-refractivity contribution in [1.29, 1.82) is 0 Å². The second kappa shape index (κ2) is 8.21. The lowest BCUT2D eigenvalue weighted by atomic mass is 10.3. The molecule has 0 atom stereocenters. The molecule has 0 heterocycles. The van der Waals surface area contributed by atoms with Crippen molar-refractivity contribution < 1.29 is 32.7 Å². The summed E-state index contributed by atoms with van der Waals surface area (Å²) in [6, 6.07) is 4.52. The van der Waals surface area contributed by atoms with Gasteiger partial charge in [-0.2, -0.15) is 0 Å². The van der Waals surface area contributed by atoms with Gasteiger partial charge in [0, 0.05) is 19.3 Å². The standard InChI is InChI=1S/C13H16N4O7S/c1-17(13(22)10(14)19)25(23,24)9-4-2-8(3-5-9)16-12(21)11(20)15-6-7-18/h2-5,18H,6-7H2,1H3,(H2,14,19)(H,15,20)(H,16,21). The summed E-state index contributed by atoms with van der Waals surface area (Å²) in [5.74, 6) is -4.82. The van der Waals surface area contributed by atoms with Crippen molar-refractivity contribution in [3.63, 3.8) is 0 Å². The fraction of sp³-hybridized carbons (Fsp3) is 0.231. The van der Waals surface area contributed by atoms with Crippen molar-refractivity contribution in [1.82, 2.24) is 9.62 Å². The summed E-state index contributed by atoms with van der Waals surface area (Å²) in [4.78, 5) is 44.7. The number of rotatable bonds is 5. The van der Waals surface area contributed by atoms with E-state index in [1.165, 1.54) is 12.1 Å². The number of aliphatic hydroxyl groups is 1. The molecule has 1 aromatic carbocycles. The molecule has 25 heavy (non-hydrogen) atoms. The number of nitrogens with two attached hydrogens (primary N) is 1. The van der Waals surface area contributed by atoms with Crippen LogP contribution in [0.4, 0.5) is 5.69 Å². The Kier molecular flexibility index (Phi) is 6.59. The lowest BCUT2D eigenvalue weighted by Crippen LogP contribution is -2.41. The maximum absolute atomic E-state index is 12.2. The predicted molar refractivity (Wildman–Crippen MR) is 84.3 cm³/mol. The van der Waals surface area contributed by atoms with E-state index in [9.17, 15) is 27.6 Å². The number of anilines is 1. The smallest absolute Gasteiger partial charge is 0.325 e. The van der Waals surface area contributed by atoms with Crippen molar-refractivity contribution >= 4 is 39.3 Å². The highest BCUT2D eigenvalue weighted by Crippen LogP contribution is 2.17. The van der Waals surface area contributed by atoms with E-state index in [0.717, 1.165) is 19.2 Å². The number of nitrogens with one attached hydrogen (secondary N) is 2. The van der Waals surface area contributed by atoms with Gasteiger partial charge in [-0.1, -0.05) is 0 Å². The third-order valence-corrected chi connectivity index (χ3v) is 4.63. The lowest BCUT2D eigenvalue weighted by molar-refractivity contribution is -0.140. The van der Waals surface area contributed by atoms with Gasteiger partial charge < -0.3 is 21.5 Å². The van der Waals surface area contributed by atoms with Crippen molar-refractivity contribution in [3.05, 3.63) is 24.3 Å². The van der Waals surface area contributed by atoms with Gasteiger partial charge in [-0.05, 0) is 24.3 Å². The highest BCUT2D eigenvalue weighted by atomic mass is 32.2. The van der Waals surface area contributed by atoms with E-state index in [0.29, 0.717) is 0 Å². The Morgan fingerprint density at radius 2 is 1.68 bits per heavy atom. The zero-order valence-electron chi connectivity index (χ0n) is 13.1. The van der Waals surface area contributed by atoms with Crippen LogP contribution in [0.15, 0.2) is 29.2 Å². The van der Waals surface area contributed by atoms with Crippen LogP contribution in [0.2, 0.25) is 0 Å². The topological polar surface area (TPSA) is 176 Å². The zero-order valence-corrected chi connectivity index (χ0v) is 13.9. The highest BCUT2D eigenvalue weighted by molar-refractivity contribution is 7.89. The van der Waals surface area contributed by atoms with E-state index in [4.69, 9.17) is 10.8 Å². The summed E-state index contributed by atoms with van der Waals surface area (Å²) < 4.78 is 24.5. The fourth-order valence-corrected chi connectivity index (χ4v) is 2.67. The normalized spacial score (nSPS) is 10.6. The number of nitrogens with zero attached hydrogens (tertiary/aromatic N) is 1. The van der Waals surface area contributed by atoms with Crippen molar-refractivity contribution in [2.75, 3.05) is 25.5 Å². The first-order chi connectivity index (χ1) is 11.6. The number of likely N-dealkylation sites (N-methyl/N-ethyl adjacent to an activating group) is 1. The van der Waals surface area contributed by atoms with Crippen LogP contribution in [0.1, 0.15) is 0 Å². The summed E-state index contributed by atoms with van der Waals surface area (Å²) in [5, 5.41) is 12.9. The molecule has 11 nitrogen and oxygen atoms in total. The molecule has 0 unspecified atom stereocenters. The number of hydrogen-bond donors (Lipinski definition) is 4. The number of carbonyl (C=O) groups excluding carboxylic acids is 4. The molecule has 0 spiro atoms.